The molecule has 0 spiro atoms. The van der Waals surface area contributed by atoms with Gasteiger partial charge in [0, 0.05) is 24.9 Å². The predicted octanol–water partition coefficient (Wildman–Crippen LogP) is 5.81. The van der Waals surface area contributed by atoms with Crippen LogP contribution in [0.1, 0.15) is 18.4 Å². The molecular formula is C32H30N4O2. The number of carbonyl (C=O) groups excluding carboxylic acids is 1. The highest BCUT2D eigenvalue weighted by molar-refractivity contribution is 5.90. The summed E-state index contributed by atoms with van der Waals surface area (Å²) in [6.07, 6.45) is 1.89. The van der Waals surface area contributed by atoms with E-state index in [4.69, 9.17) is 0 Å². The van der Waals surface area contributed by atoms with E-state index in [9.17, 15) is 9.59 Å². The van der Waals surface area contributed by atoms with Crippen LogP contribution in [-0.2, 0) is 11.2 Å². The lowest BCUT2D eigenvalue weighted by atomic mass is 9.98. The van der Waals surface area contributed by atoms with Gasteiger partial charge in [0.25, 0.3) is 5.56 Å². The van der Waals surface area contributed by atoms with Gasteiger partial charge in [0.2, 0.25) is 5.91 Å². The summed E-state index contributed by atoms with van der Waals surface area (Å²) < 4.78 is 0. The lowest BCUT2D eigenvalue weighted by Gasteiger charge is -2.09. The van der Waals surface area contributed by atoms with Crippen molar-refractivity contribution in [3.63, 3.8) is 0 Å². The average molecular weight is 503 g/mol. The first kappa shape index (κ1) is 25.0. The summed E-state index contributed by atoms with van der Waals surface area (Å²) in [4.78, 5) is 24.2. The van der Waals surface area contributed by atoms with E-state index < -0.39 is 0 Å². The molecule has 0 saturated heterocycles. The second-order valence-electron chi connectivity index (χ2n) is 9.22. The van der Waals surface area contributed by atoms with Gasteiger partial charge in [0.05, 0.1) is 5.39 Å². The molecule has 0 bridgehead atoms. The van der Waals surface area contributed by atoms with Crippen LogP contribution in [0.25, 0.3) is 33.0 Å². The fourth-order valence-electron chi connectivity index (χ4n) is 4.49. The third-order valence-corrected chi connectivity index (χ3v) is 6.56. The Morgan fingerprint density at radius 1 is 0.711 bits per heavy atom. The number of benzene rings is 4. The van der Waals surface area contributed by atoms with Gasteiger partial charge in [-0.2, -0.15) is 5.10 Å². The van der Waals surface area contributed by atoms with E-state index in [1.807, 2.05) is 24.3 Å². The Kier molecular flexibility index (Phi) is 7.89. The Bertz CT molecular complexity index is 1580. The van der Waals surface area contributed by atoms with Gasteiger partial charge in [0.15, 0.2) is 5.82 Å². The number of nitrogens with one attached hydrogen (secondary N) is 3. The molecular weight excluding hydrogens is 472 g/mol. The molecule has 5 aromatic rings. The molecule has 1 heterocycles. The topological polar surface area (TPSA) is 86.9 Å². The molecule has 5 rings (SSSR count). The van der Waals surface area contributed by atoms with Gasteiger partial charge >= 0.3 is 0 Å². The molecule has 1 aromatic heterocycles. The maximum Gasteiger partial charge on any atom is 0.272 e. The van der Waals surface area contributed by atoms with E-state index >= 15 is 0 Å². The third kappa shape index (κ3) is 6.16. The van der Waals surface area contributed by atoms with Crippen LogP contribution in [0.5, 0.6) is 0 Å². The predicted molar refractivity (Wildman–Crippen MR) is 154 cm³/mol. The summed E-state index contributed by atoms with van der Waals surface area (Å²) in [5.41, 5.74) is 5.67. The van der Waals surface area contributed by atoms with Gasteiger partial charge < -0.3 is 10.6 Å². The molecule has 0 fully saturated rings. The van der Waals surface area contributed by atoms with E-state index in [2.05, 4.69) is 93.6 Å². The van der Waals surface area contributed by atoms with Crippen LogP contribution >= 0.6 is 0 Å². The van der Waals surface area contributed by atoms with Crippen molar-refractivity contribution in [2.45, 2.75) is 19.3 Å². The van der Waals surface area contributed by atoms with Crippen molar-refractivity contribution in [3.05, 3.63) is 119 Å². The summed E-state index contributed by atoms with van der Waals surface area (Å²) in [6, 6.07) is 34.7. The van der Waals surface area contributed by atoms with Crippen molar-refractivity contribution in [3.8, 4) is 22.3 Å². The number of aromatic amines is 1. The number of aromatic nitrogens is 2. The third-order valence-electron chi connectivity index (χ3n) is 6.56. The molecule has 190 valence electrons. The minimum absolute atomic E-state index is 0.0391. The standard InChI is InChI=1S/C32H30N4O2/c37-30(33-20-7-21-34-31-28-12-4-5-13-29(28)32(38)36-35-31)19-16-23-14-17-25(18-15-23)27-11-6-10-26(22-27)24-8-2-1-3-9-24/h1-6,8-15,17-18,22H,7,16,19-21H2,(H,33,37)(H,34,35)(H,36,38). The fraction of sp³-hybridized carbons (Fsp3) is 0.156. The van der Waals surface area contributed by atoms with Crippen LogP contribution < -0.4 is 16.2 Å². The van der Waals surface area contributed by atoms with Crippen molar-refractivity contribution in [2.24, 2.45) is 0 Å². The maximum absolute atomic E-state index is 12.3. The van der Waals surface area contributed by atoms with E-state index in [0.29, 0.717) is 37.1 Å². The van der Waals surface area contributed by atoms with Crippen LogP contribution in [0.2, 0.25) is 0 Å². The smallest absolute Gasteiger partial charge is 0.272 e. The SMILES string of the molecule is O=C(CCc1ccc(-c2cccc(-c3ccccc3)c2)cc1)NCCCNc1n[nH]c(=O)c2ccccc12. The van der Waals surface area contributed by atoms with Gasteiger partial charge in [-0.25, -0.2) is 5.10 Å². The van der Waals surface area contributed by atoms with Crippen molar-refractivity contribution in [1.29, 1.82) is 0 Å². The lowest BCUT2D eigenvalue weighted by molar-refractivity contribution is -0.121. The molecule has 0 aliphatic rings. The zero-order valence-corrected chi connectivity index (χ0v) is 21.1. The molecule has 0 atom stereocenters. The molecule has 0 aliphatic carbocycles. The van der Waals surface area contributed by atoms with Crippen LogP contribution in [0.4, 0.5) is 5.82 Å². The Hall–Kier alpha value is -4.71. The zero-order valence-electron chi connectivity index (χ0n) is 21.1. The Morgan fingerprint density at radius 3 is 2.13 bits per heavy atom. The number of carbonyl (C=O) groups is 1. The number of anilines is 1. The van der Waals surface area contributed by atoms with Gasteiger partial charge in [0.1, 0.15) is 0 Å². The summed E-state index contributed by atoms with van der Waals surface area (Å²) >= 11 is 0. The summed E-state index contributed by atoms with van der Waals surface area (Å²) in [5, 5.41) is 14.3. The molecule has 38 heavy (non-hydrogen) atoms. The van der Waals surface area contributed by atoms with E-state index in [0.717, 1.165) is 22.9 Å². The van der Waals surface area contributed by atoms with E-state index in [1.54, 1.807) is 6.07 Å². The second kappa shape index (κ2) is 12.0. The number of rotatable bonds is 10. The number of fused-ring (bicyclic) bond motifs is 1. The Labute approximate surface area is 221 Å². The van der Waals surface area contributed by atoms with Gasteiger partial charge in [-0.3, -0.25) is 9.59 Å². The van der Waals surface area contributed by atoms with Gasteiger partial charge in [-0.05, 0) is 52.8 Å². The van der Waals surface area contributed by atoms with Gasteiger partial charge in [-0.1, -0.05) is 91.0 Å². The largest absolute Gasteiger partial charge is 0.368 e. The molecule has 6 heteroatoms. The molecule has 0 saturated carbocycles. The molecule has 4 aromatic carbocycles. The quantitative estimate of drug-likeness (QED) is 0.210. The Balaban J connectivity index is 1.06. The number of hydrogen-bond acceptors (Lipinski definition) is 4. The summed E-state index contributed by atoms with van der Waals surface area (Å²) in [7, 11) is 0. The number of aryl methyl sites for hydroxylation is 1. The van der Waals surface area contributed by atoms with E-state index in [-0.39, 0.29) is 11.5 Å². The average Bonchev–Trinajstić information content (AvgIpc) is 2.98. The second-order valence-corrected chi connectivity index (χ2v) is 9.22. The summed E-state index contributed by atoms with van der Waals surface area (Å²) in [5.74, 6) is 0.680. The monoisotopic (exact) mass is 502 g/mol. The minimum Gasteiger partial charge on any atom is -0.368 e. The summed E-state index contributed by atoms with van der Waals surface area (Å²) in [6.45, 7) is 1.21. The highest BCUT2D eigenvalue weighted by Gasteiger charge is 2.07. The first-order valence-corrected chi connectivity index (χ1v) is 12.9. The van der Waals surface area contributed by atoms with Crippen LogP contribution in [0.3, 0.4) is 0 Å². The highest BCUT2D eigenvalue weighted by atomic mass is 16.1. The molecule has 0 unspecified atom stereocenters. The number of nitrogens with zero attached hydrogens (tertiary/aromatic N) is 1. The zero-order chi connectivity index (χ0) is 26.2. The molecule has 0 radical (unpaired) electrons. The van der Waals surface area contributed by atoms with E-state index in [1.165, 1.54) is 16.7 Å². The molecule has 3 N–H and O–H groups in total. The molecule has 1 amide bonds. The van der Waals surface area contributed by atoms with Crippen molar-refractivity contribution < 1.29 is 4.79 Å². The van der Waals surface area contributed by atoms with Crippen molar-refractivity contribution in [2.75, 3.05) is 18.4 Å². The molecule has 6 nitrogen and oxygen atoms in total. The first-order chi connectivity index (χ1) is 18.7. The number of amides is 1. The first-order valence-electron chi connectivity index (χ1n) is 12.9. The fourth-order valence-corrected chi connectivity index (χ4v) is 4.49. The normalized spacial score (nSPS) is 10.8. The lowest BCUT2D eigenvalue weighted by Crippen LogP contribution is -2.26. The maximum atomic E-state index is 12.3. The number of H-pyrrole nitrogens is 1. The van der Waals surface area contributed by atoms with Crippen molar-refractivity contribution >= 4 is 22.5 Å². The highest BCUT2D eigenvalue weighted by Crippen LogP contribution is 2.26. The molecule has 0 aliphatic heterocycles. The van der Waals surface area contributed by atoms with Crippen molar-refractivity contribution in [1.82, 2.24) is 15.5 Å². The van der Waals surface area contributed by atoms with Crippen LogP contribution in [0.15, 0.2) is 108 Å². The van der Waals surface area contributed by atoms with Gasteiger partial charge in [-0.15, -0.1) is 0 Å². The van der Waals surface area contributed by atoms with Crippen LogP contribution in [-0.4, -0.2) is 29.2 Å². The Morgan fingerprint density at radius 2 is 1.37 bits per heavy atom. The number of hydrogen-bond donors (Lipinski definition) is 3. The minimum atomic E-state index is -0.203. The van der Waals surface area contributed by atoms with Crippen LogP contribution in [0, 0.1) is 0 Å².